The average Bonchev–Trinajstić information content (AvgIpc) is 2.66. The molecule has 1 amide bonds. The number of likely N-dealkylation sites (tertiary alicyclic amines) is 1. The van der Waals surface area contributed by atoms with E-state index in [1.54, 1.807) is 23.1 Å². The number of benzene rings is 1. The summed E-state index contributed by atoms with van der Waals surface area (Å²) >= 11 is 0. The fourth-order valence-corrected chi connectivity index (χ4v) is 3.84. The fraction of sp³-hybridized carbons (Fsp3) is 0.500. The number of aromatic nitrogens is 1. The SMILES string of the molecule is CCn1c(=O)c(C(=O)NCCC[NH+]2CCCCC2)c(O)c2ccccc21. The van der Waals surface area contributed by atoms with Crippen LogP contribution in [0.25, 0.3) is 10.9 Å². The summed E-state index contributed by atoms with van der Waals surface area (Å²) in [4.78, 5) is 26.8. The molecule has 2 aromatic rings. The lowest BCUT2D eigenvalue weighted by Gasteiger charge is -2.23. The minimum Gasteiger partial charge on any atom is -0.506 e. The number of para-hydroxylation sites is 1. The molecule has 3 N–H and O–H groups in total. The number of nitrogens with one attached hydrogen (secondary N) is 2. The van der Waals surface area contributed by atoms with Gasteiger partial charge in [-0.2, -0.15) is 0 Å². The van der Waals surface area contributed by atoms with Crippen LogP contribution < -0.4 is 15.8 Å². The van der Waals surface area contributed by atoms with Crippen molar-refractivity contribution in [1.82, 2.24) is 9.88 Å². The van der Waals surface area contributed by atoms with Gasteiger partial charge in [0.25, 0.3) is 11.5 Å². The second-order valence-electron chi connectivity index (χ2n) is 6.96. The Hall–Kier alpha value is -2.34. The van der Waals surface area contributed by atoms with Gasteiger partial charge in [-0.25, -0.2) is 0 Å². The van der Waals surface area contributed by atoms with Crippen LogP contribution in [-0.2, 0) is 6.54 Å². The van der Waals surface area contributed by atoms with Gasteiger partial charge < -0.3 is 19.9 Å². The normalized spacial score (nSPS) is 15.3. The van der Waals surface area contributed by atoms with Gasteiger partial charge in [0, 0.05) is 24.9 Å². The monoisotopic (exact) mass is 358 g/mol. The minimum absolute atomic E-state index is 0.157. The standard InChI is InChI=1S/C20H27N3O3/c1-2-23-16-10-5-4-9-15(16)18(24)17(20(23)26)19(25)21-11-8-14-22-12-6-3-7-13-22/h4-5,9-10,24H,2-3,6-8,11-14H2,1H3,(H,21,25)/p+1. The number of carbonyl (C=O) groups excluding carboxylic acids is 1. The Balaban J connectivity index is 1.72. The third-order valence-corrected chi connectivity index (χ3v) is 5.24. The Morgan fingerprint density at radius 2 is 1.96 bits per heavy atom. The van der Waals surface area contributed by atoms with Crippen LogP contribution in [0.3, 0.4) is 0 Å². The molecule has 0 unspecified atom stereocenters. The quantitative estimate of drug-likeness (QED) is 0.672. The van der Waals surface area contributed by atoms with Gasteiger partial charge in [-0.3, -0.25) is 9.59 Å². The molecule has 6 heteroatoms. The summed E-state index contributed by atoms with van der Waals surface area (Å²) in [5.74, 6) is -0.719. The van der Waals surface area contributed by atoms with Gasteiger partial charge in [-0.1, -0.05) is 12.1 Å². The van der Waals surface area contributed by atoms with Crippen LogP contribution >= 0.6 is 0 Å². The maximum Gasteiger partial charge on any atom is 0.267 e. The van der Waals surface area contributed by atoms with Crippen LogP contribution in [0.2, 0.25) is 0 Å². The first-order valence-electron chi connectivity index (χ1n) is 9.59. The highest BCUT2D eigenvalue weighted by molar-refractivity contribution is 6.02. The molecule has 0 spiro atoms. The van der Waals surface area contributed by atoms with Gasteiger partial charge in [0.05, 0.1) is 25.2 Å². The first-order chi connectivity index (χ1) is 12.6. The Labute approximate surface area is 153 Å². The summed E-state index contributed by atoms with van der Waals surface area (Å²) in [5.41, 5.74) is 0.0430. The van der Waals surface area contributed by atoms with Gasteiger partial charge in [-0.05, 0) is 38.3 Å². The van der Waals surface area contributed by atoms with E-state index in [-0.39, 0.29) is 11.3 Å². The number of aromatic hydroxyl groups is 1. The molecule has 1 aromatic heterocycles. The second kappa shape index (κ2) is 8.36. The van der Waals surface area contributed by atoms with Crippen LogP contribution in [0, 0.1) is 0 Å². The van der Waals surface area contributed by atoms with Crippen molar-refractivity contribution in [3.8, 4) is 5.75 Å². The van der Waals surface area contributed by atoms with Crippen molar-refractivity contribution in [2.75, 3.05) is 26.2 Å². The summed E-state index contributed by atoms with van der Waals surface area (Å²) in [5, 5.41) is 13.8. The number of nitrogens with zero attached hydrogens (tertiary/aromatic N) is 1. The Morgan fingerprint density at radius 1 is 1.23 bits per heavy atom. The third-order valence-electron chi connectivity index (χ3n) is 5.24. The predicted octanol–water partition coefficient (Wildman–Crippen LogP) is 0.916. The molecule has 6 nitrogen and oxygen atoms in total. The number of aryl methyl sites for hydroxylation is 1. The van der Waals surface area contributed by atoms with Gasteiger partial charge >= 0.3 is 0 Å². The first kappa shape index (κ1) is 18.5. The largest absolute Gasteiger partial charge is 0.506 e. The lowest BCUT2D eigenvalue weighted by molar-refractivity contribution is -0.904. The zero-order chi connectivity index (χ0) is 18.5. The van der Waals surface area contributed by atoms with Gasteiger partial charge in [-0.15, -0.1) is 0 Å². The lowest BCUT2D eigenvalue weighted by atomic mass is 10.1. The van der Waals surface area contributed by atoms with Gasteiger partial charge in [0.2, 0.25) is 0 Å². The Bertz CT molecular complexity index is 838. The van der Waals surface area contributed by atoms with E-state index in [4.69, 9.17) is 0 Å². The van der Waals surface area contributed by atoms with Crippen molar-refractivity contribution < 1.29 is 14.8 Å². The summed E-state index contributed by atoms with van der Waals surface area (Å²) in [6.45, 7) is 6.26. The van der Waals surface area contributed by atoms with E-state index in [0.717, 1.165) is 13.0 Å². The molecule has 0 bridgehead atoms. The van der Waals surface area contributed by atoms with E-state index in [1.807, 2.05) is 13.0 Å². The molecule has 1 saturated heterocycles. The molecule has 26 heavy (non-hydrogen) atoms. The molecule has 0 saturated carbocycles. The number of pyridine rings is 1. The number of quaternary nitrogens is 1. The van der Waals surface area contributed by atoms with Crippen LogP contribution in [0.5, 0.6) is 5.75 Å². The zero-order valence-corrected chi connectivity index (χ0v) is 15.4. The van der Waals surface area contributed by atoms with E-state index in [0.29, 0.717) is 24.0 Å². The van der Waals surface area contributed by atoms with Gasteiger partial charge in [0.15, 0.2) is 0 Å². The number of hydrogen-bond acceptors (Lipinski definition) is 3. The van der Waals surface area contributed by atoms with Crippen molar-refractivity contribution >= 4 is 16.8 Å². The highest BCUT2D eigenvalue weighted by Crippen LogP contribution is 2.26. The number of piperidine rings is 1. The van der Waals surface area contributed by atoms with Crippen LogP contribution in [0.1, 0.15) is 43.0 Å². The average molecular weight is 358 g/mol. The summed E-state index contributed by atoms with van der Waals surface area (Å²) < 4.78 is 1.53. The molecule has 0 atom stereocenters. The molecule has 1 fully saturated rings. The molecule has 1 aliphatic rings. The molecule has 2 heterocycles. The summed E-state index contributed by atoms with van der Waals surface area (Å²) in [6.07, 6.45) is 4.76. The Morgan fingerprint density at radius 3 is 2.69 bits per heavy atom. The number of fused-ring (bicyclic) bond motifs is 1. The van der Waals surface area contributed by atoms with Crippen molar-refractivity contribution in [3.63, 3.8) is 0 Å². The molecular weight excluding hydrogens is 330 g/mol. The smallest absolute Gasteiger partial charge is 0.267 e. The molecule has 1 aliphatic heterocycles. The van der Waals surface area contributed by atoms with E-state index in [2.05, 4.69) is 5.32 Å². The van der Waals surface area contributed by atoms with Crippen molar-refractivity contribution in [1.29, 1.82) is 0 Å². The highest BCUT2D eigenvalue weighted by atomic mass is 16.3. The third kappa shape index (κ3) is 3.75. The zero-order valence-electron chi connectivity index (χ0n) is 15.4. The predicted molar refractivity (Wildman–Crippen MR) is 102 cm³/mol. The summed E-state index contributed by atoms with van der Waals surface area (Å²) in [7, 11) is 0. The molecule has 140 valence electrons. The van der Waals surface area contributed by atoms with E-state index >= 15 is 0 Å². The maximum absolute atomic E-state index is 12.7. The molecule has 0 aliphatic carbocycles. The topological polar surface area (TPSA) is 75.8 Å². The Kier molecular flexibility index (Phi) is 5.93. The molecule has 0 radical (unpaired) electrons. The highest BCUT2D eigenvalue weighted by Gasteiger charge is 2.21. The number of carbonyl (C=O) groups is 1. The molecular formula is C20H28N3O3+. The van der Waals surface area contributed by atoms with Crippen molar-refractivity contribution in [2.24, 2.45) is 0 Å². The van der Waals surface area contributed by atoms with Crippen LogP contribution in [0.15, 0.2) is 29.1 Å². The van der Waals surface area contributed by atoms with E-state index in [9.17, 15) is 14.7 Å². The maximum atomic E-state index is 12.7. The van der Waals surface area contributed by atoms with Crippen molar-refractivity contribution in [2.45, 2.75) is 39.2 Å². The van der Waals surface area contributed by atoms with Crippen molar-refractivity contribution in [3.05, 3.63) is 40.2 Å². The minimum atomic E-state index is -0.492. The van der Waals surface area contributed by atoms with Crippen LogP contribution in [0.4, 0.5) is 0 Å². The fourth-order valence-electron chi connectivity index (χ4n) is 3.84. The lowest BCUT2D eigenvalue weighted by Crippen LogP contribution is -3.12. The second-order valence-corrected chi connectivity index (χ2v) is 6.96. The summed E-state index contributed by atoms with van der Waals surface area (Å²) in [6, 6.07) is 7.11. The number of amides is 1. The number of rotatable bonds is 6. The first-order valence-corrected chi connectivity index (χ1v) is 9.59. The van der Waals surface area contributed by atoms with Gasteiger partial charge in [0.1, 0.15) is 11.3 Å². The number of hydrogen-bond donors (Lipinski definition) is 3. The molecule has 3 rings (SSSR count). The van der Waals surface area contributed by atoms with Crippen LogP contribution in [-0.4, -0.2) is 41.8 Å². The van der Waals surface area contributed by atoms with E-state index in [1.165, 1.54) is 36.9 Å². The van der Waals surface area contributed by atoms with E-state index < -0.39 is 11.5 Å². The molecule has 1 aromatic carbocycles.